The number of benzene rings is 1. The van der Waals surface area contributed by atoms with Crippen molar-refractivity contribution in [1.29, 1.82) is 5.26 Å². The maximum Gasteiger partial charge on any atom is 0.209 e. The van der Waals surface area contributed by atoms with Gasteiger partial charge in [0.2, 0.25) is 5.16 Å². The minimum Gasteiger partial charge on any atom is -0.257 e. The second-order valence-corrected chi connectivity index (χ2v) is 7.39. The first-order chi connectivity index (χ1) is 12.8. The van der Waals surface area contributed by atoms with Gasteiger partial charge in [-0.15, -0.1) is 16.4 Å². The fourth-order valence-corrected chi connectivity index (χ4v) is 4.07. The highest BCUT2D eigenvalue weighted by Crippen LogP contribution is 2.27. The van der Waals surface area contributed by atoms with E-state index in [9.17, 15) is 5.26 Å². The van der Waals surface area contributed by atoms with Crippen LogP contribution in [0, 0.1) is 18.3 Å². The van der Waals surface area contributed by atoms with Gasteiger partial charge >= 0.3 is 0 Å². The van der Waals surface area contributed by atoms with Crippen LogP contribution in [0.2, 0.25) is 0 Å². The summed E-state index contributed by atoms with van der Waals surface area (Å²) in [6, 6.07) is 16.1. The predicted octanol–water partition coefficient (Wildman–Crippen LogP) is 4.19. The summed E-state index contributed by atoms with van der Waals surface area (Å²) < 4.78 is 1.83. The van der Waals surface area contributed by atoms with Gasteiger partial charge in [-0.25, -0.2) is 9.67 Å². The largest absolute Gasteiger partial charge is 0.257 e. The highest BCUT2D eigenvalue weighted by atomic mass is 32.2. The molecule has 0 aliphatic rings. The zero-order valence-corrected chi connectivity index (χ0v) is 15.5. The van der Waals surface area contributed by atoms with Gasteiger partial charge in [0.15, 0.2) is 5.82 Å². The van der Waals surface area contributed by atoms with Gasteiger partial charge in [-0.1, -0.05) is 36.0 Å². The number of rotatable bonds is 5. The van der Waals surface area contributed by atoms with Gasteiger partial charge in [0.05, 0.1) is 27.5 Å². The van der Waals surface area contributed by atoms with Gasteiger partial charge in [-0.2, -0.15) is 10.4 Å². The van der Waals surface area contributed by atoms with E-state index in [-0.39, 0.29) is 0 Å². The van der Waals surface area contributed by atoms with E-state index < -0.39 is 0 Å². The number of H-pyrrole nitrogens is 1. The van der Waals surface area contributed by atoms with Crippen LogP contribution in [0.25, 0.3) is 16.4 Å². The Balaban J connectivity index is 1.61. The van der Waals surface area contributed by atoms with E-state index in [1.165, 1.54) is 11.8 Å². The van der Waals surface area contributed by atoms with Crippen LogP contribution in [-0.2, 0) is 5.75 Å². The van der Waals surface area contributed by atoms with Crippen LogP contribution in [0.4, 0.5) is 0 Å². The number of hydrogen-bond donors (Lipinski definition) is 1. The molecule has 0 aliphatic heterocycles. The van der Waals surface area contributed by atoms with Crippen molar-refractivity contribution in [2.24, 2.45) is 0 Å². The lowest BCUT2D eigenvalue weighted by Crippen LogP contribution is -2.02. The van der Waals surface area contributed by atoms with Gasteiger partial charge in [0.1, 0.15) is 6.07 Å². The summed E-state index contributed by atoms with van der Waals surface area (Å²) in [5, 5.41) is 24.0. The molecule has 128 valence electrons. The summed E-state index contributed by atoms with van der Waals surface area (Å²) in [4.78, 5) is 5.57. The van der Waals surface area contributed by atoms with E-state index in [4.69, 9.17) is 0 Å². The first-order valence-corrected chi connectivity index (χ1v) is 9.76. The lowest BCUT2D eigenvalue weighted by Gasteiger charge is -2.06. The Bertz CT molecular complexity index is 1060. The normalized spacial score (nSPS) is 10.8. The zero-order chi connectivity index (χ0) is 17.9. The van der Waals surface area contributed by atoms with Crippen LogP contribution >= 0.6 is 23.1 Å². The number of thioether (sulfide) groups is 1. The van der Waals surface area contributed by atoms with Crippen LogP contribution in [0.15, 0.2) is 53.0 Å². The third-order valence-corrected chi connectivity index (χ3v) is 5.56. The molecule has 3 heterocycles. The maximum atomic E-state index is 9.54. The molecule has 0 bridgehead atoms. The molecule has 0 amide bonds. The second kappa shape index (κ2) is 7.15. The molecule has 0 fully saturated rings. The summed E-state index contributed by atoms with van der Waals surface area (Å²) in [5.41, 5.74) is 3.11. The number of hydrogen-bond acceptors (Lipinski definition) is 6. The Morgan fingerprint density at radius 3 is 2.81 bits per heavy atom. The molecule has 0 radical (unpaired) electrons. The van der Waals surface area contributed by atoms with Crippen LogP contribution < -0.4 is 0 Å². The number of aromatic amines is 1. The highest BCUT2D eigenvalue weighted by molar-refractivity contribution is 7.98. The number of nitrogens with zero attached hydrogens (tertiary/aromatic N) is 5. The highest BCUT2D eigenvalue weighted by Gasteiger charge is 2.17. The van der Waals surface area contributed by atoms with Gasteiger partial charge in [0.25, 0.3) is 0 Å². The fourth-order valence-electron chi connectivity index (χ4n) is 2.60. The molecule has 0 atom stereocenters. The third kappa shape index (κ3) is 3.14. The average molecular weight is 378 g/mol. The Labute approximate surface area is 158 Å². The van der Waals surface area contributed by atoms with Crippen molar-refractivity contribution in [3.05, 3.63) is 64.8 Å². The summed E-state index contributed by atoms with van der Waals surface area (Å²) >= 11 is 3.10. The molecule has 0 spiro atoms. The first kappa shape index (κ1) is 16.6. The van der Waals surface area contributed by atoms with Crippen molar-refractivity contribution < 1.29 is 0 Å². The number of thiophene rings is 1. The quantitative estimate of drug-likeness (QED) is 0.527. The number of nitrogens with one attached hydrogen (secondary N) is 1. The Morgan fingerprint density at radius 2 is 2.08 bits per heavy atom. The molecule has 0 unspecified atom stereocenters. The summed E-state index contributed by atoms with van der Waals surface area (Å²) in [5.74, 6) is 1.32. The Kier molecular flexibility index (Phi) is 4.56. The van der Waals surface area contributed by atoms with Crippen LogP contribution in [0.5, 0.6) is 0 Å². The van der Waals surface area contributed by atoms with E-state index in [2.05, 4.69) is 26.3 Å². The monoisotopic (exact) mass is 378 g/mol. The van der Waals surface area contributed by atoms with Crippen molar-refractivity contribution in [2.75, 3.05) is 0 Å². The molecule has 4 aromatic rings. The summed E-state index contributed by atoms with van der Waals surface area (Å²) in [6.07, 6.45) is 0. The molecule has 0 saturated carbocycles. The van der Waals surface area contributed by atoms with E-state index in [1.807, 2.05) is 59.5 Å². The summed E-state index contributed by atoms with van der Waals surface area (Å²) in [7, 11) is 0. The van der Waals surface area contributed by atoms with Crippen LogP contribution in [0.3, 0.4) is 0 Å². The molecule has 0 aliphatic carbocycles. The van der Waals surface area contributed by atoms with Gasteiger partial charge in [-0.3, -0.25) is 5.10 Å². The lowest BCUT2D eigenvalue weighted by molar-refractivity contribution is 0.827. The molecule has 3 aromatic heterocycles. The second-order valence-electron chi connectivity index (χ2n) is 5.50. The fraction of sp³-hybridized carbons (Fsp3) is 0.111. The first-order valence-electron chi connectivity index (χ1n) is 7.89. The van der Waals surface area contributed by atoms with Gasteiger partial charge < -0.3 is 0 Å². The Hall–Kier alpha value is -2.89. The van der Waals surface area contributed by atoms with Gasteiger partial charge in [-0.05, 0) is 30.5 Å². The van der Waals surface area contributed by atoms with Crippen molar-refractivity contribution in [1.82, 2.24) is 25.0 Å². The van der Waals surface area contributed by atoms with Crippen LogP contribution in [0.1, 0.15) is 17.0 Å². The molecule has 26 heavy (non-hydrogen) atoms. The lowest BCUT2D eigenvalue weighted by atomic mass is 10.2. The van der Waals surface area contributed by atoms with Crippen molar-refractivity contribution in [2.45, 2.75) is 17.8 Å². The number of para-hydroxylation sites is 1. The molecule has 8 heteroatoms. The topological polar surface area (TPSA) is 83.2 Å². The molecular weight excluding hydrogens is 364 g/mol. The SMILES string of the molecule is Cc1nn(-c2ccccc2)c(CSc2n[nH]c(-c3cccs3)n2)c1C#N. The standard InChI is InChI=1S/C18H14N6S2/c1-12-14(10-19)15(24(23-12)13-6-3-2-4-7-13)11-26-18-20-17(21-22-18)16-8-5-9-25-16/h2-9H,11H2,1H3,(H,20,21,22). The molecule has 1 N–H and O–H groups in total. The van der Waals surface area contributed by atoms with Crippen molar-refractivity contribution in [3.8, 4) is 22.5 Å². The van der Waals surface area contributed by atoms with E-state index >= 15 is 0 Å². The predicted molar refractivity (Wildman–Crippen MR) is 102 cm³/mol. The maximum absolute atomic E-state index is 9.54. The Morgan fingerprint density at radius 1 is 1.23 bits per heavy atom. The smallest absolute Gasteiger partial charge is 0.209 e. The molecular formula is C18H14N6S2. The third-order valence-electron chi connectivity index (χ3n) is 3.83. The number of nitriles is 1. The van der Waals surface area contributed by atoms with Crippen molar-refractivity contribution in [3.63, 3.8) is 0 Å². The van der Waals surface area contributed by atoms with E-state index in [0.29, 0.717) is 16.5 Å². The number of aromatic nitrogens is 5. The van der Waals surface area contributed by atoms with Crippen molar-refractivity contribution >= 4 is 23.1 Å². The molecule has 1 aromatic carbocycles. The van der Waals surface area contributed by atoms with Gasteiger partial charge in [0, 0.05) is 5.75 Å². The van der Waals surface area contributed by atoms with E-state index in [0.717, 1.165) is 27.8 Å². The molecule has 0 saturated heterocycles. The zero-order valence-electron chi connectivity index (χ0n) is 13.9. The molecule has 6 nitrogen and oxygen atoms in total. The minimum atomic E-state index is 0.556. The minimum absolute atomic E-state index is 0.556. The van der Waals surface area contributed by atoms with Crippen LogP contribution in [-0.4, -0.2) is 25.0 Å². The van der Waals surface area contributed by atoms with E-state index in [1.54, 1.807) is 11.3 Å². The average Bonchev–Trinajstić information content (AvgIpc) is 3.40. The molecule has 4 rings (SSSR count). The number of aryl methyl sites for hydroxylation is 1. The summed E-state index contributed by atoms with van der Waals surface area (Å²) in [6.45, 7) is 1.86.